The van der Waals surface area contributed by atoms with E-state index in [1.165, 1.54) is 0 Å². The second-order valence-electron chi connectivity index (χ2n) is 5.06. The molecule has 15 heavy (non-hydrogen) atoms. The maximum absolute atomic E-state index is 10.1. The maximum Gasteiger partial charge on any atom is 0.293 e. The third kappa shape index (κ3) is 2.06. The summed E-state index contributed by atoms with van der Waals surface area (Å²) in [7, 11) is 0. The first-order chi connectivity index (χ1) is 7.02. The molecule has 0 aliphatic heterocycles. The van der Waals surface area contributed by atoms with Gasteiger partial charge in [-0.2, -0.15) is 0 Å². The SMILES string of the molecule is CC(C)(C)c1ccc(C2CC2OC=O)o1. The number of ether oxygens (including phenoxy) is 1. The number of furan rings is 1. The highest BCUT2D eigenvalue weighted by atomic mass is 16.5. The van der Waals surface area contributed by atoms with E-state index in [9.17, 15) is 4.79 Å². The van der Waals surface area contributed by atoms with Crippen molar-refractivity contribution in [3.8, 4) is 0 Å². The van der Waals surface area contributed by atoms with Gasteiger partial charge in [0.15, 0.2) is 0 Å². The Morgan fingerprint density at radius 2 is 2.20 bits per heavy atom. The van der Waals surface area contributed by atoms with Gasteiger partial charge in [-0.05, 0) is 18.6 Å². The molecule has 2 atom stereocenters. The molecule has 3 heteroatoms. The zero-order chi connectivity index (χ0) is 11.1. The van der Waals surface area contributed by atoms with Gasteiger partial charge in [-0.15, -0.1) is 0 Å². The lowest BCUT2D eigenvalue weighted by Crippen LogP contribution is -2.09. The van der Waals surface area contributed by atoms with Crippen molar-refractivity contribution in [3.05, 3.63) is 23.7 Å². The third-order valence-electron chi connectivity index (χ3n) is 2.69. The van der Waals surface area contributed by atoms with Crippen LogP contribution >= 0.6 is 0 Å². The highest BCUT2D eigenvalue weighted by molar-refractivity contribution is 5.39. The van der Waals surface area contributed by atoms with Crippen molar-refractivity contribution in [1.29, 1.82) is 0 Å². The van der Waals surface area contributed by atoms with E-state index in [4.69, 9.17) is 9.15 Å². The summed E-state index contributed by atoms with van der Waals surface area (Å²) in [6.45, 7) is 6.85. The summed E-state index contributed by atoms with van der Waals surface area (Å²) < 4.78 is 10.6. The average Bonchev–Trinajstić information content (AvgIpc) is 2.73. The molecule has 0 saturated heterocycles. The average molecular weight is 208 g/mol. The molecular weight excluding hydrogens is 192 g/mol. The molecule has 1 heterocycles. The van der Waals surface area contributed by atoms with E-state index in [0.717, 1.165) is 17.9 Å². The molecule has 0 spiro atoms. The van der Waals surface area contributed by atoms with Gasteiger partial charge in [0, 0.05) is 5.41 Å². The van der Waals surface area contributed by atoms with Crippen molar-refractivity contribution >= 4 is 6.47 Å². The Morgan fingerprint density at radius 1 is 1.47 bits per heavy atom. The molecule has 2 rings (SSSR count). The summed E-state index contributed by atoms with van der Waals surface area (Å²) in [6.07, 6.45) is 0.914. The Morgan fingerprint density at radius 3 is 2.73 bits per heavy atom. The van der Waals surface area contributed by atoms with Crippen LogP contribution in [0.4, 0.5) is 0 Å². The van der Waals surface area contributed by atoms with Crippen LogP contribution < -0.4 is 0 Å². The second kappa shape index (κ2) is 3.40. The molecule has 1 aliphatic rings. The van der Waals surface area contributed by atoms with Crippen LogP contribution in [0.3, 0.4) is 0 Å². The number of hydrogen-bond acceptors (Lipinski definition) is 3. The van der Waals surface area contributed by atoms with Crippen molar-refractivity contribution in [2.45, 2.75) is 44.6 Å². The molecule has 1 aromatic rings. The highest BCUT2D eigenvalue weighted by Gasteiger charge is 2.43. The van der Waals surface area contributed by atoms with Gasteiger partial charge in [0.2, 0.25) is 0 Å². The Balaban J connectivity index is 2.06. The highest BCUT2D eigenvalue weighted by Crippen LogP contribution is 2.44. The maximum atomic E-state index is 10.1. The van der Waals surface area contributed by atoms with Crippen molar-refractivity contribution < 1.29 is 13.9 Å². The molecule has 0 radical (unpaired) electrons. The Labute approximate surface area is 89.4 Å². The summed E-state index contributed by atoms with van der Waals surface area (Å²) in [4.78, 5) is 10.1. The standard InChI is InChI=1S/C12H16O3/c1-12(2,3)11-5-4-9(15-11)8-6-10(8)14-7-13/h4-5,7-8,10H,6H2,1-3H3. The van der Waals surface area contributed by atoms with Crippen LogP contribution in [0.5, 0.6) is 0 Å². The smallest absolute Gasteiger partial charge is 0.293 e. The topological polar surface area (TPSA) is 39.4 Å². The fourth-order valence-electron chi connectivity index (χ4n) is 1.65. The molecule has 0 bridgehead atoms. The van der Waals surface area contributed by atoms with Crippen LogP contribution in [0.25, 0.3) is 0 Å². The Kier molecular flexibility index (Phi) is 2.33. The van der Waals surface area contributed by atoms with Crippen molar-refractivity contribution in [2.24, 2.45) is 0 Å². The normalized spacial score (nSPS) is 25.0. The van der Waals surface area contributed by atoms with Crippen LogP contribution in [0, 0.1) is 0 Å². The van der Waals surface area contributed by atoms with Gasteiger partial charge in [0.1, 0.15) is 17.6 Å². The largest absolute Gasteiger partial charge is 0.465 e. The lowest BCUT2D eigenvalue weighted by Gasteiger charge is -2.14. The van der Waals surface area contributed by atoms with E-state index in [-0.39, 0.29) is 17.4 Å². The van der Waals surface area contributed by atoms with Crippen LogP contribution in [0.1, 0.15) is 44.6 Å². The van der Waals surface area contributed by atoms with E-state index < -0.39 is 0 Å². The minimum absolute atomic E-state index is 0.0291. The van der Waals surface area contributed by atoms with E-state index in [1.807, 2.05) is 12.1 Å². The first-order valence-corrected chi connectivity index (χ1v) is 5.21. The van der Waals surface area contributed by atoms with E-state index in [1.54, 1.807) is 0 Å². The van der Waals surface area contributed by atoms with E-state index >= 15 is 0 Å². The number of hydrogen-bond donors (Lipinski definition) is 0. The zero-order valence-corrected chi connectivity index (χ0v) is 9.32. The molecule has 1 fully saturated rings. The van der Waals surface area contributed by atoms with Crippen LogP contribution in [0.15, 0.2) is 16.5 Å². The quantitative estimate of drug-likeness (QED) is 0.717. The van der Waals surface area contributed by atoms with Crippen molar-refractivity contribution in [1.82, 2.24) is 0 Å². The lowest BCUT2D eigenvalue weighted by atomic mass is 9.94. The van der Waals surface area contributed by atoms with Gasteiger partial charge in [-0.1, -0.05) is 20.8 Å². The zero-order valence-electron chi connectivity index (χ0n) is 9.32. The molecule has 1 aliphatic carbocycles. The number of rotatable bonds is 3. The molecule has 0 aromatic carbocycles. The first kappa shape index (κ1) is 10.3. The molecular formula is C12H16O3. The predicted octanol–water partition coefficient (Wildman–Crippen LogP) is 2.61. The Hall–Kier alpha value is -1.25. The van der Waals surface area contributed by atoms with Gasteiger partial charge in [0.05, 0.1) is 5.92 Å². The minimum Gasteiger partial charge on any atom is -0.465 e. The summed E-state index contributed by atoms with van der Waals surface area (Å²) >= 11 is 0. The molecule has 2 unspecified atom stereocenters. The summed E-state index contributed by atoms with van der Waals surface area (Å²) in [6, 6.07) is 3.99. The molecule has 1 aromatic heterocycles. The van der Waals surface area contributed by atoms with Crippen LogP contribution in [-0.2, 0) is 14.9 Å². The van der Waals surface area contributed by atoms with Crippen LogP contribution in [0.2, 0.25) is 0 Å². The second-order valence-corrected chi connectivity index (χ2v) is 5.06. The molecule has 0 N–H and O–H groups in total. The Bertz CT molecular complexity index is 359. The molecule has 3 nitrogen and oxygen atoms in total. The van der Waals surface area contributed by atoms with Crippen molar-refractivity contribution in [3.63, 3.8) is 0 Å². The predicted molar refractivity (Wildman–Crippen MR) is 55.7 cm³/mol. The first-order valence-electron chi connectivity index (χ1n) is 5.21. The molecule has 1 saturated carbocycles. The summed E-state index contributed by atoms with van der Waals surface area (Å²) in [5.41, 5.74) is 0.0359. The molecule has 82 valence electrons. The van der Waals surface area contributed by atoms with Gasteiger partial charge < -0.3 is 9.15 Å². The third-order valence-corrected chi connectivity index (χ3v) is 2.69. The van der Waals surface area contributed by atoms with Crippen LogP contribution in [-0.4, -0.2) is 12.6 Å². The lowest BCUT2D eigenvalue weighted by molar-refractivity contribution is -0.129. The minimum atomic E-state index is 0.0291. The summed E-state index contributed by atoms with van der Waals surface area (Å²) in [5, 5.41) is 0. The van der Waals surface area contributed by atoms with E-state index in [0.29, 0.717) is 6.47 Å². The van der Waals surface area contributed by atoms with E-state index in [2.05, 4.69) is 20.8 Å². The molecule has 0 amide bonds. The summed E-state index contributed by atoms with van der Waals surface area (Å²) in [5.74, 6) is 2.19. The van der Waals surface area contributed by atoms with Gasteiger partial charge in [-0.25, -0.2) is 0 Å². The van der Waals surface area contributed by atoms with Gasteiger partial charge in [-0.3, -0.25) is 4.79 Å². The number of carbonyl (C=O) groups excluding carboxylic acids is 1. The fourth-order valence-corrected chi connectivity index (χ4v) is 1.65. The fraction of sp³-hybridized carbons (Fsp3) is 0.583. The van der Waals surface area contributed by atoms with Crippen molar-refractivity contribution in [2.75, 3.05) is 0 Å². The number of carbonyl (C=O) groups is 1. The van der Waals surface area contributed by atoms with Gasteiger partial charge >= 0.3 is 0 Å². The van der Waals surface area contributed by atoms with Gasteiger partial charge in [0.25, 0.3) is 6.47 Å². The monoisotopic (exact) mass is 208 g/mol.